The summed E-state index contributed by atoms with van der Waals surface area (Å²) in [7, 11) is 0. The fourth-order valence-corrected chi connectivity index (χ4v) is 2.46. The molecular weight excluding hydrogens is 270 g/mol. The van der Waals surface area contributed by atoms with E-state index in [0.29, 0.717) is 6.61 Å². The van der Waals surface area contributed by atoms with E-state index in [1.165, 1.54) is 0 Å². The highest BCUT2D eigenvalue weighted by Gasteiger charge is 2.29. The van der Waals surface area contributed by atoms with E-state index in [0.717, 1.165) is 37.6 Å². The monoisotopic (exact) mass is 293 g/mol. The standard InChI is InChI=1S/C16H23NO4/c1-16(2)12-20-9-7-17(16)8-10-21-14-5-3-13(4-6-14)11-15(18)19/h3-6H,7-12H2,1-2H3,(H,18,19). The lowest BCUT2D eigenvalue weighted by Gasteiger charge is -2.41. The van der Waals surface area contributed by atoms with Crippen LogP contribution >= 0.6 is 0 Å². The molecule has 0 amide bonds. The van der Waals surface area contributed by atoms with Gasteiger partial charge in [-0.15, -0.1) is 0 Å². The van der Waals surface area contributed by atoms with E-state index in [1.54, 1.807) is 12.1 Å². The van der Waals surface area contributed by atoms with Crippen LogP contribution in [0, 0.1) is 0 Å². The third kappa shape index (κ3) is 4.72. The van der Waals surface area contributed by atoms with Gasteiger partial charge in [-0.25, -0.2) is 0 Å². The molecule has 1 fully saturated rings. The average Bonchev–Trinajstić information content (AvgIpc) is 2.42. The van der Waals surface area contributed by atoms with Crippen molar-refractivity contribution in [2.45, 2.75) is 25.8 Å². The summed E-state index contributed by atoms with van der Waals surface area (Å²) in [4.78, 5) is 13.0. The Kier molecular flexibility index (Phi) is 5.20. The number of hydrogen-bond donors (Lipinski definition) is 1. The molecular formula is C16H23NO4. The second kappa shape index (κ2) is 6.91. The molecule has 0 aromatic heterocycles. The fraction of sp³-hybridized carbons (Fsp3) is 0.562. The van der Waals surface area contributed by atoms with E-state index < -0.39 is 5.97 Å². The first-order valence-corrected chi connectivity index (χ1v) is 7.24. The number of hydrogen-bond acceptors (Lipinski definition) is 4. The van der Waals surface area contributed by atoms with Gasteiger partial charge in [0, 0.05) is 18.6 Å². The number of rotatable bonds is 6. The predicted molar refractivity (Wildman–Crippen MR) is 79.7 cm³/mol. The van der Waals surface area contributed by atoms with Crippen molar-refractivity contribution >= 4 is 5.97 Å². The number of carboxylic acids is 1. The van der Waals surface area contributed by atoms with Crippen LogP contribution in [0.1, 0.15) is 19.4 Å². The van der Waals surface area contributed by atoms with Crippen molar-refractivity contribution in [1.82, 2.24) is 4.90 Å². The van der Waals surface area contributed by atoms with Gasteiger partial charge in [0.15, 0.2) is 0 Å². The van der Waals surface area contributed by atoms with E-state index in [1.807, 2.05) is 12.1 Å². The van der Waals surface area contributed by atoms with Crippen molar-refractivity contribution in [1.29, 1.82) is 0 Å². The molecule has 2 rings (SSSR count). The Balaban J connectivity index is 1.79. The summed E-state index contributed by atoms with van der Waals surface area (Å²) in [5.41, 5.74) is 0.830. The normalized spacial score (nSPS) is 18.4. The summed E-state index contributed by atoms with van der Waals surface area (Å²) in [5.74, 6) is -0.0478. The molecule has 0 saturated carbocycles. The van der Waals surface area contributed by atoms with Gasteiger partial charge in [0.2, 0.25) is 0 Å². The van der Waals surface area contributed by atoms with Gasteiger partial charge in [0.1, 0.15) is 12.4 Å². The van der Waals surface area contributed by atoms with E-state index >= 15 is 0 Å². The molecule has 1 N–H and O–H groups in total. The first kappa shape index (κ1) is 15.8. The van der Waals surface area contributed by atoms with Crippen molar-refractivity contribution in [2.75, 3.05) is 32.9 Å². The molecule has 1 saturated heterocycles. The number of morpholine rings is 1. The zero-order valence-corrected chi connectivity index (χ0v) is 12.7. The van der Waals surface area contributed by atoms with Crippen molar-refractivity contribution < 1.29 is 19.4 Å². The SMILES string of the molecule is CC1(C)COCCN1CCOc1ccc(CC(=O)O)cc1. The number of carbonyl (C=O) groups is 1. The highest BCUT2D eigenvalue weighted by Crippen LogP contribution is 2.19. The first-order chi connectivity index (χ1) is 9.97. The predicted octanol–water partition coefficient (Wildman–Crippen LogP) is 1.80. The zero-order valence-electron chi connectivity index (χ0n) is 12.7. The third-order valence-corrected chi connectivity index (χ3v) is 3.73. The topological polar surface area (TPSA) is 59.0 Å². The van der Waals surface area contributed by atoms with Gasteiger partial charge >= 0.3 is 5.97 Å². The smallest absolute Gasteiger partial charge is 0.307 e. The van der Waals surface area contributed by atoms with Crippen LogP contribution in [0.3, 0.4) is 0 Å². The van der Waals surface area contributed by atoms with Gasteiger partial charge < -0.3 is 14.6 Å². The minimum Gasteiger partial charge on any atom is -0.492 e. The Labute approximate surface area is 125 Å². The average molecular weight is 293 g/mol. The van der Waals surface area contributed by atoms with Gasteiger partial charge in [-0.2, -0.15) is 0 Å². The molecule has 1 heterocycles. The third-order valence-electron chi connectivity index (χ3n) is 3.73. The number of benzene rings is 1. The Morgan fingerprint density at radius 2 is 2.10 bits per heavy atom. The Bertz CT molecular complexity index is 470. The Morgan fingerprint density at radius 3 is 2.71 bits per heavy atom. The molecule has 0 bridgehead atoms. The van der Waals surface area contributed by atoms with Crippen molar-refractivity contribution in [3.05, 3.63) is 29.8 Å². The zero-order chi connectivity index (χ0) is 15.3. The van der Waals surface area contributed by atoms with Gasteiger partial charge in [-0.05, 0) is 31.5 Å². The van der Waals surface area contributed by atoms with Crippen LogP contribution < -0.4 is 4.74 Å². The van der Waals surface area contributed by atoms with Crippen LogP contribution in [0.25, 0.3) is 0 Å². The summed E-state index contributed by atoms with van der Waals surface area (Å²) < 4.78 is 11.2. The van der Waals surface area contributed by atoms with E-state index in [9.17, 15) is 4.79 Å². The van der Waals surface area contributed by atoms with Gasteiger partial charge in [-0.3, -0.25) is 9.69 Å². The van der Waals surface area contributed by atoms with Crippen LogP contribution in [0.2, 0.25) is 0 Å². The maximum Gasteiger partial charge on any atom is 0.307 e. The molecule has 1 aromatic rings. The molecule has 0 aliphatic carbocycles. The summed E-state index contributed by atoms with van der Waals surface area (Å²) in [6.07, 6.45) is 0.0439. The largest absolute Gasteiger partial charge is 0.492 e. The van der Waals surface area contributed by atoms with Crippen LogP contribution in [0.5, 0.6) is 5.75 Å². The van der Waals surface area contributed by atoms with Crippen LogP contribution in [-0.2, 0) is 16.0 Å². The van der Waals surface area contributed by atoms with Crippen molar-refractivity contribution in [2.24, 2.45) is 0 Å². The summed E-state index contributed by atoms with van der Waals surface area (Å²) in [6, 6.07) is 7.23. The lowest BCUT2D eigenvalue weighted by molar-refractivity contribution is -0.136. The minimum atomic E-state index is -0.821. The quantitative estimate of drug-likeness (QED) is 0.866. The van der Waals surface area contributed by atoms with Crippen LogP contribution in [0.15, 0.2) is 24.3 Å². The molecule has 21 heavy (non-hydrogen) atoms. The molecule has 1 aliphatic heterocycles. The lowest BCUT2D eigenvalue weighted by Crippen LogP contribution is -2.54. The molecule has 1 aliphatic rings. The molecule has 0 atom stereocenters. The molecule has 5 nitrogen and oxygen atoms in total. The van der Waals surface area contributed by atoms with Gasteiger partial charge in [-0.1, -0.05) is 12.1 Å². The summed E-state index contributed by atoms with van der Waals surface area (Å²) >= 11 is 0. The molecule has 116 valence electrons. The molecule has 1 aromatic carbocycles. The fourth-order valence-electron chi connectivity index (χ4n) is 2.46. The highest BCUT2D eigenvalue weighted by molar-refractivity contribution is 5.70. The Morgan fingerprint density at radius 1 is 1.38 bits per heavy atom. The molecule has 5 heteroatoms. The number of carboxylic acid groups (broad SMARTS) is 1. The van der Waals surface area contributed by atoms with E-state index in [4.69, 9.17) is 14.6 Å². The van der Waals surface area contributed by atoms with E-state index in [2.05, 4.69) is 18.7 Å². The number of aliphatic carboxylic acids is 1. The summed E-state index contributed by atoms with van der Waals surface area (Å²) in [6.45, 7) is 8.26. The lowest BCUT2D eigenvalue weighted by atomic mass is 10.0. The van der Waals surface area contributed by atoms with Crippen LogP contribution in [-0.4, -0.2) is 54.4 Å². The maximum absolute atomic E-state index is 10.6. The van der Waals surface area contributed by atoms with Gasteiger partial charge in [0.05, 0.1) is 19.6 Å². The first-order valence-electron chi connectivity index (χ1n) is 7.24. The molecule has 0 spiro atoms. The highest BCUT2D eigenvalue weighted by atomic mass is 16.5. The minimum absolute atomic E-state index is 0.0439. The summed E-state index contributed by atoms with van der Waals surface area (Å²) in [5, 5.41) is 8.72. The van der Waals surface area contributed by atoms with Crippen LogP contribution in [0.4, 0.5) is 0 Å². The molecule has 0 radical (unpaired) electrons. The van der Waals surface area contributed by atoms with Crippen molar-refractivity contribution in [3.8, 4) is 5.75 Å². The molecule has 0 unspecified atom stereocenters. The second-order valence-corrected chi connectivity index (χ2v) is 5.91. The van der Waals surface area contributed by atoms with Crippen molar-refractivity contribution in [3.63, 3.8) is 0 Å². The second-order valence-electron chi connectivity index (χ2n) is 5.91. The van der Waals surface area contributed by atoms with Gasteiger partial charge in [0.25, 0.3) is 0 Å². The number of nitrogens with zero attached hydrogens (tertiary/aromatic N) is 1. The van der Waals surface area contributed by atoms with E-state index in [-0.39, 0.29) is 12.0 Å². The number of ether oxygens (including phenoxy) is 2. The maximum atomic E-state index is 10.6. The Hall–Kier alpha value is -1.59.